The summed E-state index contributed by atoms with van der Waals surface area (Å²) in [5.41, 5.74) is 8.84. The second-order valence-corrected chi connectivity index (χ2v) is 5.11. The van der Waals surface area contributed by atoms with Crippen LogP contribution in [0.5, 0.6) is 5.75 Å². The summed E-state index contributed by atoms with van der Waals surface area (Å²) < 4.78 is 9.68. The van der Waals surface area contributed by atoms with Crippen molar-refractivity contribution in [3.63, 3.8) is 0 Å². The van der Waals surface area contributed by atoms with Crippen molar-refractivity contribution in [2.24, 2.45) is 0 Å². The van der Waals surface area contributed by atoms with E-state index in [-0.39, 0.29) is 19.6 Å². The molecule has 1 unspecified atom stereocenters. The number of Topliss-reactive ketones (excluding diaryl/α,β-unsaturated/α-hetero) is 1. The molecule has 1 atom stereocenters. The standard InChI is InChI=1S/C16H17N3O6/c1-3-24-16(22)14(18-17)15(21)12-8-13(20)19(25-12)9-10-4-6-11(23-2)7-5-10/h4-7,12H,3,8-9H2,1-2H3. The van der Waals surface area contributed by atoms with Gasteiger partial charge in [-0.1, -0.05) is 12.1 Å². The molecule has 1 saturated heterocycles. The number of hydrogen-bond acceptors (Lipinski definition) is 6. The van der Waals surface area contributed by atoms with E-state index in [1.165, 1.54) is 0 Å². The molecule has 1 aliphatic heterocycles. The molecule has 0 aliphatic carbocycles. The number of carbonyl (C=O) groups excluding carboxylic acids is 3. The highest BCUT2D eigenvalue weighted by molar-refractivity contribution is 6.63. The first-order valence-electron chi connectivity index (χ1n) is 7.53. The van der Waals surface area contributed by atoms with Crippen molar-refractivity contribution in [3.05, 3.63) is 35.4 Å². The Kier molecular flexibility index (Phi) is 5.99. The molecule has 9 heteroatoms. The summed E-state index contributed by atoms with van der Waals surface area (Å²) >= 11 is 0. The van der Waals surface area contributed by atoms with Gasteiger partial charge in [0.2, 0.25) is 5.91 Å². The van der Waals surface area contributed by atoms with Gasteiger partial charge in [0, 0.05) is 0 Å². The minimum absolute atomic E-state index is 0.0131. The number of ether oxygens (including phenoxy) is 2. The second-order valence-electron chi connectivity index (χ2n) is 5.11. The zero-order valence-electron chi connectivity index (χ0n) is 13.8. The molecule has 9 nitrogen and oxygen atoms in total. The average Bonchev–Trinajstić information content (AvgIpc) is 2.97. The van der Waals surface area contributed by atoms with Crippen LogP contribution in [0.3, 0.4) is 0 Å². The van der Waals surface area contributed by atoms with Crippen molar-refractivity contribution in [2.45, 2.75) is 26.0 Å². The quantitative estimate of drug-likeness (QED) is 0.233. The normalized spacial score (nSPS) is 16.3. The monoisotopic (exact) mass is 347 g/mol. The Balaban J connectivity index is 2.04. The lowest BCUT2D eigenvalue weighted by molar-refractivity contribution is -0.179. The van der Waals surface area contributed by atoms with Crippen LogP contribution in [0, 0.1) is 0 Å². The highest BCUT2D eigenvalue weighted by Gasteiger charge is 2.44. The van der Waals surface area contributed by atoms with Crippen molar-refractivity contribution in [1.29, 1.82) is 0 Å². The zero-order valence-corrected chi connectivity index (χ0v) is 13.8. The molecule has 132 valence electrons. The summed E-state index contributed by atoms with van der Waals surface area (Å²) in [6.07, 6.45) is -1.49. The number of rotatable bonds is 7. The maximum atomic E-state index is 12.2. The molecule has 2 rings (SSSR count). The van der Waals surface area contributed by atoms with E-state index >= 15 is 0 Å². The molecule has 1 amide bonds. The summed E-state index contributed by atoms with van der Waals surface area (Å²) in [7, 11) is 1.54. The third-order valence-electron chi connectivity index (χ3n) is 3.47. The van der Waals surface area contributed by atoms with Crippen LogP contribution in [0.15, 0.2) is 24.3 Å². The SMILES string of the molecule is CCOC(=O)C(=[N+]=[N-])C(=O)C1CC(=O)N(Cc2ccc(OC)cc2)O1. The van der Waals surface area contributed by atoms with Crippen LogP contribution in [0.2, 0.25) is 0 Å². The number of hydroxylamine groups is 2. The van der Waals surface area contributed by atoms with Gasteiger partial charge in [0.05, 0.1) is 26.7 Å². The largest absolute Gasteiger partial charge is 0.497 e. The van der Waals surface area contributed by atoms with Crippen LogP contribution >= 0.6 is 0 Å². The lowest BCUT2D eigenvalue weighted by Crippen LogP contribution is -2.36. The maximum absolute atomic E-state index is 12.2. The molecule has 0 aromatic heterocycles. The number of carbonyl (C=O) groups is 3. The molecule has 1 fully saturated rings. The predicted octanol–water partition coefficient (Wildman–Crippen LogP) is 0.531. The molecule has 25 heavy (non-hydrogen) atoms. The Bertz CT molecular complexity index is 724. The fourth-order valence-corrected chi connectivity index (χ4v) is 2.22. The lowest BCUT2D eigenvalue weighted by Gasteiger charge is -2.15. The molecule has 0 bridgehead atoms. The van der Waals surface area contributed by atoms with E-state index < -0.39 is 29.5 Å². The number of hydrogen-bond donors (Lipinski definition) is 0. The maximum Gasteiger partial charge on any atom is 0.444 e. The van der Waals surface area contributed by atoms with Crippen LogP contribution in [0.25, 0.3) is 5.53 Å². The Labute approximate surface area is 143 Å². The molecule has 1 heterocycles. The number of amides is 1. The Morgan fingerprint density at radius 2 is 2.04 bits per heavy atom. The van der Waals surface area contributed by atoms with Gasteiger partial charge in [0.15, 0.2) is 6.10 Å². The molecule has 1 aliphatic rings. The molecular weight excluding hydrogens is 330 g/mol. The summed E-state index contributed by atoms with van der Waals surface area (Å²) in [5.74, 6) is -1.73. The van der Waals surface area contributed by atoms with Crippen LogP contribution in [-0.4, -0.2) is 53.0 Å². The van der Waals surface area contributed by atoms with Gasteiger partial charge in [-0.05, 0) is 24.6 Å². The summed E-state index contributed by atoms with van der Waals surface area (Å²) in [5, 5.41) is 1.03. The van der Waals surface area contributed by atoms with Crippen molar-refractivity contribution in [1.82, 2.24) is 5.06 Å². The van der Waals surface area contributed by atoms with Crippen LogP contribution in [-0.2, 0) is 30.5 Å². The highest BCUT2D eigenvalue weighted by Crippen LogP contribution is 2.20. The number of methoxy groups -OCH3 is 1. The first-order valence-corrected chi connectivity index (χ1v) is 7.53. The smallest absolute Gasteiger partial charge is 0.444 e. The summed E-state index contributed by atoms with van der Waals surface area (Å²) in [4.78, 5) is 43.8. The van der Waals surface area contributed by atoms with E-state index in [2.05, 4.69) is 9.53 Å². The van der Waals surface area contributed by atoms with E-state index in [0.717, 1.165) is 10.6 Å². The number of ketones is 1. The van der Waals surface area contributed by atoms with Gasteiger partial charge < -0.3 is 15.0 Å². The first kappa shape index (κ1) is 18.3. The third kappa shape index (κ3) is 4.28. The molecular formula is C16H17N3O6. The fourth-order valence-electron chi connectivity index (χ4n) is 2.22. The Morgan fingerprint density at radius 1 is 1.36 bits per heavy atom. The van der Waals surface area contributed by atoms with Crippen LogP contribution in [0.1, 0.15) is 18.9 Å². The molecule has 0 radical (unpaired) electrons. The molecule has 1 aromatic carbocycles. The van der Waals surface area contributed by atoms with Gasteiger partial charge in [-0.3, -0.25) is 14.4 Å². The third-order valence-corrected chi connectivity index (χ3v) is 3.47. The van der Waals surface area contributed by atoms with E-state index in [4.69, 9.17) is 15.1 Å². The fraction of sp³-hybridized carbons (Fsp3) is 0.375. The number of benzene rings is 1. The minimum Gasteiger partial charge on any atom is -0.497 e. The second kappa shape index (κ2) is 8.18. The Hall–Kier alpha value is -3.03. The predicted molar refractivity (Wildman–Crippen MR) is 83.3 cm³/mol. The molecule has 1 aromatic rings. The van der Waals surface area contributed by atoms with Crippen LogP contribution in [0.4, 0.5) is 0 Å². The van der Waals surface area contributed by atoms with Gasteiger partial charge in [-0.15, -0.1) is 0 Å². The van der Waals surface area contributed by atoms with Crippen molar-refractivity contribution < 1.29 is 33.5 Å². The zero-order chi connectivity index (χ0) is 18.4. The first-order chi connectivity index (χ1) is 12.0. The number of esters is 1. The van der Waals surface area contributed by atoms with Crippen LogP contribution < -0.4 is 4.74 Å². The van der Waals surface area contributed by atoms with Gasteiger partial charge >= 0.3 is 11.7 Å². The minimum atomic E-state index is -1.24. The van der Waals surface area contributed by atoms with Gasteiger partial charge in [-0.25, -0.2) is 9.86 Å². The molecule has 0 saturated carbocycles. The van der Waals surface area contributed by atoms with Crippen molar-refractivity contribution >= 4 is 23.4 Å². The highest BCUT2D eigenvalue weighted by atomic mass is 16.7. The van der Waals surface area contributed by atoms with Crippen molar-refractivity contribution in [3.8, 4) is 5.75 Å². The topological polar surface area (TPSA) is 119 Å². The van der Waals surface area contributed by atoms with E-state index in [1.807, 2.05) is 0 Å². The van der Waals surface area contributed by atoms with Gasteiger partial charge in [-0.2, -0.15) is 4.79 Å². The average molecular weight is 347 g/mol. The van der Waals surface area contributed by atoms with Gasteiger partial charge in [0.1, 0.15) is 5.75 Å². The van der Waals surface area contributed by atoms with Crippen molar-refractivity contribution in [2.75, 3.05) is 13.7 Å². The molecule has 0 N–H and O–H groups in total. The van der Waals surface area contributed by atoms with Gasteiger partial charge in [0.25, 0.3) is 5.78 Å². The van der Waals surface area contributed by atoms with E-state index in [1.54, 1.807) is 38.3 Å². The Morgan fingerprint density at radius 3 is 2.60 bits per heavy atom. The lowest BCUT2D eigenvalue weighted by atomic mass is 10.1. The van der Waals surface area contributed by atoms with E-state index in [0.29, 0.717) is 5.75 Å². The summed E-state index contributed by atoms with van der Waals surface area (Å²) in [6.45, 7) is 1.68. The van der Waals surface area contributed by atoms with E-state index in [9.17, 15) is 14.4 Å². The molecule has 0 spiro atoms. The summed E-state index contributed by atoms with van der Waals surface area (Å²) in [6, 6.07) is 6.97. The number of nitrogens with zero attached hydrogens (tertiary/aromatic N) is 3.